The lowest BCUT2D eigenvalue weighted by molar-refractivity contribution is 0.642. The van der Waals surface area contributed by atoms with Crippen molar-refractivity contribution < 1.29 is 0 Å². The van der Waals surface area contributed by atoms with E-state index in [0.29, 0.717) is 6.04 Å². The van der Waals surface area contributed by atoms with Gasteiger partial charge in [0.25, 0.3) is 0 Å². The minimum absolute atomic E-state index is 0.110. The fraction of sp³-hybridized carbons (Fsp3) is 0.333. The van der Waals surface area contributed by atoms with E-state index in [9.17, 15) is 4.79 Å². The molecule has 0 radical (unpaired) electrons. The molecule has 19 heavy (non-hydrogen) atoms. The van der Waals surface area contributed by atoms with Crippen LogP contribution in [0.1, 0.15) is 24.4 Å². The van der Waals surface area contributed by atoms with Crippen molar-refractivity contribution in [2.24, 2.45) is 0 Å². The standard InChI is InChI=1S/C12H13BrN4OS/c13-10-5-8(14)2-1-7(10)6-19-12-16-15-11(18)17(12)9-3-4-9/h1-2,5,9H,3-4,6,14H2,(H,15,18). The number of aromatic nitrogens is 3. The van der Waals surface area contributed by atoms with Crippen molar-refractivity contribution in [2.75, 3.05) is 5.73 Å². The van der Waals surface area contributed by atoms with Gasteiger partial charge < -0.3 is 5.73 Å². The maximum Gasteiger partial charge on any atom is 0.344 e. The lowest BCUT2D eigenvalue weighted by Crippen LogP contribution is -2.16. The van der Waals surface area contributed by atoms with Crippen LogP contribution in [-0.4, -0.2) is 14.8 Å². The van der Waals surface area contributed by atoms with Gasteiger partial charge in [-0.25, -0.2) is 9.89 Å². The first-order valence-corrected chi connectivity index (χ1v) is 7.76. The summed E-state index contributed by atoms with van der Waals surface area (Å²) in [6.07, 6.45) is 2.14. The topological polar surface area (TPSA) is 76.7 Å². The number of benzene rings is 1. The Labute approximate surface area is 122 Å². The number of nitrogen functional groups attached to an aromatic ring is 1. The number of hydrogen-bond acceptors (Lipinski definition) is 4. The Morgan fingerprint density at radius 3 is 3.00 bits per heavy atom. The minimum Gasteiger partial charge on any atom is -0.399 e. The summed E-state index contributed by atoms with van der Waals surface area (Å²) in [5.41, 5.74) is 7.47. The fourth-order valence-corrected chi connectivity index (χ4v) is 3.61. The van der Waals surface area contributed by atoms with Crippen molar-refractivity contribution in [3.63, 3.8) is 0 Å². The zero-order chi connectivity index (χ0) is 13.4. The van der Waals surface area contributed by atoms with Crippen molar-refractivity contribution in [1.29, 1.82) is 0 Å². The van der Waals surface area contributed by atoms with Crippen LogP contribution >= 0.6 is 27.7 Å². The van der Waals surface area contributed by atoms with E-state index in [2.05, 4.69) is 26.1 Å². The number of thioether (sulfide) groups is 1. The first-order valence-electron chi connectivity index (χ1n) is 5.99. The van der Waals surface area contributed by atoms with Gasteiger partial charge >= 0.3 is 5.69 Å². The van der Waals surface area contributed by atoms with Crippen molar-refractivity contribution in [2.45, 2.75) is 29.8 Å². The monoisotopic (exact) mass is 340 g/mol. The molecule has 0 amide bonds. The molecule has 1 fully saturated rings. The molecule has 7 heteroatoms. The van der Waals surface area contributed by atoms with Crippen LogP contribution in [0.3, 0.4) is 0 Å². The Balaban J connectivity index is 1.77. The third kappa shape index (κ3) is 2.71. The van der Waals surface area contributed by atoms with Gasteiger partial charge in [0.2, 0.25) is 0 Å². The number of halogens is 1. The number of nitrogens with zero attached hydrogens (tertiary/aromatic N) is 2. The highest BCUT2D eigenvalue weighted by molar-refractivity contribution is 9.10. The van der Waals surface area contributed by atoms with Gasteiger partial charge in [0.05, 0.1) is 0 Å². The molecular formula is C12H13BrN4OS. The summed E-state index contributed by atoms with van der Waals surface area (Å²) in [6.45, 7) is 0. The molecule has 0 aliphatic heterocycles. The summed E-state index contributed by atoms with van der Waals surface area (Å²) < 4.78 is 2.74. The second-order valence-corrected chi connectivity index (χ2v) is 6.35. The molecule has 0 saturated heterocycles. The summed E-state index contributed by atoms with van der Waals surface area (Å²) >= 11 is 5.05. The summed E-state index contributed by atoms with van der Waals surface area (Å²) in [4.78, 5) is 11.7. The van der Waals surface area contributed by atoms with E-state index >= 15 is 0 Å². The van der Waals surface area contributed by atoms with Gasteiger partial charge in [0, 0.05) is 22.0 Å². The Morgan fingerprint density at radius 2 is 2.32 bits per heavy atom. The average Bonchev–Trinajstić information content (AvgIpc) is 3.13. The first kappa shape index (κ1) is 12.8. The molecule has 2 aromatic rings. The zero-order valence-corrected chi connectivity index (χ0v) is 12.5. The van der Waals surface area contributed by atoms with Crippen molar-refractivity contribution in [1.82, 2.24) is 14.8 Å². The van der Waals surface area contributed by atoms with Crippen LogP contribution in [0.4, 0.5) is 5.69 Å². The van der Waals surface area contributed by atoms with E-state index < -0.39 is 0 Å². The van der Waals surface area contributed by atoms with Crippen LogP contribution in [0.15, 0.2) is 32.6 Å². The highest BCUT2D eigenvalue weighted by Gasteiger charge is 2.28. The van der Waals surface area contributed by atoms with E-state index in [4.69, 9.17) is 5.73 Å². The smallest absolute Gasteiger partial charge is 0.344 e. The van der Waals surface area contributed by atoms with Crippen LogP contribution < -0.4 is 11.4 Å². The van der Waals surface area contributed by atoms with E-state index in [1.807, 2.05) is 18.2 Å². The van der Waals surface area contributed by atoms with E-state index in [1.54, 1.807) is 16.3 Å². The molecule has 1 aromatic carbocycles. The van der Waals surface area contributed by atoms with Gasteiger partial charge in [-0.15, -0.1) is 5.10 Å². The number of hydrogen-bond donors (Lipinski definition) is 2. The third-order valence-corrected chi connectivity index (χ3v) is 4.76. The van der Waals surface area contributed by atoms with Crippen LogP contribution in [0.25, 0.3) is 0 Å². The van der Waals surface area contributed by atoms with Gasteiger partial charge in [0.1, 0.15) is 0 Å². The molecule has 1 aliphatic carbocycles. The zero-order valence-electron chi connectivity index (χ0n) is 10.1. The molecule has 3 N–H and O–H groups in total. The summed E-state index contributed by atoms with van der Waals surface area (Å²) in [5, 5.41) is 7.37. The van der Waals surface area contributed by atoms with Crippen molar-refractivity contribution >= 4 is 33.4 Å². The number of H-pyrrole nitrogens is 1. The molecule has 1 aromatic heterocycles. The van der Waals surface area contributed by atoms with E-state index in [-0.39, 0.29) is 5.69 Å². The molecular weight excluding hydrogens is 328 g/mol. The molecule has 1 saturated carbocycles. The predicted molar refractivity (Wildman–Crippen MR) is 79.2 cm³/mol. The van der Waals surface area contributed by atoms with Crippen molar-refractivity contribution in [3.8, 4) is 0 Å². The lowest BCUT2D eigenvalue weighted by Gasteiger charge is -2.06. The number of anilines is 1. The largest absolute Gasteiger partial charge is 0.399 e. The van der Waals surface area contributed by atoms with Gasteiger partial charge in [-0.1, -0.05) is 33.8 Å². The van der Waals surface area contributed by atoms with E-state index in [1.165, 1.54) is 0 Å². The van der Waals surface area contributed by atoms with Crippen molar-refractivity contribution in [3.05, 3.63) is 38.7 Å². The number of nitrogens with one attached hydrogen (secondary N) is 1. The van der Waals surface area contributed by atoms with Gasteiger partial charge in [-0.3, -0.25) is 4.57 Å². The lowest BCUT2D eigenvalue weighted by atomic mass is 10.2. The Hall–Kier alpha value is -1.21. The average molecular weight is 341 g/mol. The highest BCUT2D eigenvalue weighted by atomic mass is 79.9. The molecule has 5 nitrogen and oxygen atoms in total. The quantitative estimate of drug-likeness (QED) is 0.662. The predicted octanol–water partition coefficient (Wildman–Crippen LogP) is 2.54. The maximum absolute atomic E-state index is 11.7. The normalized spacial score (nSPS) is 14.8. The first-order chi connectivity index (χ1) is 9.15. The molecule has 1 aliphatic rings. The van der Waals surface area contributed by atoms with Crippen LogP contribution in [-0.2, 0) is 5.75 Å². The second-order valence-electron chi connectivity index (χ2n) is 4.55. The van der Waals surface area contributed by atoms with E-state index in [0.717, 1.165) is 39.5 Å². The summed E-state index contributed by atoms with van der Waals surface area (Å²) in [6, 6.07) is 6.08. The van der Waals surface area contributed by atoms with Crippen LogP contribution in [0, 0.1) is 0 Å². The Morgan fingerprint density at radius 1 is 1.53 bits per heavy atom. The Kier molecular flexibility index (Phi) is 3.40. The molecule has 0 atom stereocenters. The molecule has 3 rings (SSSR count). The second kappa shape index (κ2) is 5.05. The Bertz CT molecular complexity index is 662. The number of rotatable bonds is 4. The maximum atomic E-state index is 11.7. The van der Waals surface area contributed by atoms with Crippen LogP contribution in [0.2, 0.25) is 0 Å². The van der Waals surface area contributed by atoms with Gasteiger partial charge in [0.15, 0.2) is 5.16 Å². The van der Waals surface area contributed by atoms with Gasteiger partial charge in [-0.2, -0.15) is 0 Å². The molecule has 0 bridgehead atoms. The number of aromatic amines is 1. The molecule has 1 heterocycles. The summed E-state index contributed by atoms with van der Waals surface area (Å²) in [5.74, 6) is 0.748. The fourth-order valence-electron chi connectivity index (χ4n) is 1.87. The molecule has 0 spiro atoms. The SMILES string of the molecule is Nc1ccc(CSc2n[nH]c(=O)n2C2CC2)c(Br)c1. The third-order valence-electron chi connectivity index (χ3n) is 3.02. The number of nitrogens with two attached hydrogens (primary N) is 1. The van der Waals surface area contributed by atoms with Gasteiger partial charge in [-0.05, 0) is 30.5 Å². The van der Waals surface area contributed by atoms with Crippen LogP contribution in [0.5, 0.6) is 0 Å². The summed E-state index contributed by atoms with van der Waals surface area (Å²) in [7, 11) is 0. The highest BCUT2D eigenvalue weighted by Crippen LogP contribution is 2.37. The minimum atomic E-state index is -0.110. The molecule has 100 valence electrons. The molecule has 0 unspecified atom stereocenters.